The van der Waals surface area contributed by atoms with Crippen molar-refractivity contribution in [2.24, 2.45) is 0 Å². The van der Waals surface area contributed by atoms with Crippen molar-refractivity contribution >= 4 is 24.5 Å². The molecule has 0 saturated heterocycles. The molecule has 2 heterocycles. The Morgan fingerprint density at radius 1 is 1.50 bits per heavy atom. The molecule has 0 amide bonds. The zero-order valence-corrected chi connectivity index (χ0v) is 7.27. The molecule has 0 bridgehead atoms. The van der Waals surface area contributed by atoms with E-state index in [0.29, 0.717) is 11.6 Å². The summed E-state index contributed by atoms with van der Waals surface area (Å²) in [6.07, 6.45) is 1.76. The van der Waals surface area contributed by atoms with Crippen LogP contribution in [0.3, 0.4) is 0 Å². The van der Waals surface area contributed by atoms with Gasteiger partial charge in [-0.3, -0.25) is 4.40 Å². The van der Waals surface area contributed by atoms with Gasteiger partial charge in [0.1, 0.15) is 5.65 Å². The molecule has 0 radical (unpaired) electrons. The summed E-state index contributed by atoms with van der Waals surface area (Å²) in [6.45, 7) is -0.0508. The van der Waals surface area contributed by atoms with Gasteiger partial charge in [0.2, 0.25) is 0 Å². The summed E-state index contributed by atoms with van der Waals surface area (Å²) in [6, 6.07) is 5.57. The fraction of sp³-hybridized carbons (Fsp3) is 0.222. The van der Waals surface area contributed by atoms with Gasteiger partial charge >= 0.3 is 18.9 Å². The zero-order valence-electron chi connectivity index (χ0n) is 7.27. The van der Waals surface area contributed by atoms with Crippen LogP contribution in [0.25, 0.3) is 5.65 Å². The Balaban J connectivity index is 0.000000980. The molecule has 0 aromatic carbocycles. The van der Waals surface area contributed by atoms with Crippen LogP contribution in [0, 0.1) is 0 Å². The van der Waals surface area contributed by atoms with Crippen LogP contribution in [-0.4, -0.2) is 40.5 Å². The van der Waals surface area contributed by atoms with Gasteiger partial charge in [0.05, 0.1) is 19.4 Å². The first-order valence-electron chi connectivity index (χ1n) is 3.97. The average Bonchev–Trinajstić information content (AvgIpc) is 2.59. The second-order valence-corrected chi connectivity index (χ2v) is 2.69. The number of ether oxygens (including phenoxy) is 1. The molecule has 2 aromatic heterocycles. The number of aliphatic hydroxyl groups excluding tert-OH is 1. The van der Waals surface area contributed by atoms with E-state index in [9.17, 15) is 0 Å². The van der Waals surface area contributed by atoms with Crippen LogP contribution in [0.2, 0.25) is 0 Å². The predicted octanol–water partition coefficient (Wildman–Crippen LogP) is 0.187. The molecule has 0 atom stereocenters. The molecule has 5 heteroatoms. The average molecular weight is 186 g/mol. The van der Waals surface area contributed by atoms with Gasteiger partial charge in [-0.1, -0.05) is 6.07 Å². The summed E-state index contributed by atoms with van der Waals surface area (Å²) < 4.78 is 6.92. The Labute approximate surface area is 93.7 Å². The van der Waals surface area contributed by atoms with Crippen molar-refractivity contribution in [2.45, 2.75) is 6.61 Å². The van der Waals surface area contributed by atoms with Gasteiger partial charge in [-0.05, 0) is 12.1 Å². The summed E-state index contributed by atoms with van der Waals surface area (Å²) in [5, 5.41) is 8.89. The first-order chi connectivity index (χ1) is 6.35. The van der Waals surface area contributed by atoms with Crippen molar-refractivity contribution in [3.8, 4) is 5.88 Å². The van der Waals surface area contributed by atoms with Gasteiger partial charge in [0.15, 0.2) is 5.88 Å². The van der Waals surface area contributed by atoms with Crippen LogP contribution in [0.4, 0.5) is 0 Å². The first-order valence-corrected chi connectivity index (χ1v) is 3.97. The van der Waals surface area contributed by atoms with Gasteiger partial charge in [-0.2, -0.15) is 0 Å². The van der Waals surface area contributed by atoms with Crippen molar-refractivity contribution in [3.63, 3.8) is 0 Å². The fourth-order valence-electron chi connectivity index (χ4n) is 1.28. The molecule has 0 aliphatic carbocycles. The molecule has 0 saturated carbocycles. The minimum absolute atomic E-state index is 0. The van der Waals surface area contributed by atoms with Crippen LogP contribution in [-0.2, 0) is 6.61 Å². The number of fused-ring (bicyclic) bond motifs is 1. The van der Waals surface area contributed by atoms with E-state index in [-0.39, 0.29) is 25.5 Å². The summed E-state index contributed by atoms with van der Waals surface area (Å²) in [7, 11) is 1.60. The van der Waals surface area contributed by atoms with Crippen LogP contribution in [0.5, 0.6) is 5.88 Å². The van der Waals surface area contributed by atoms with Gasteiger partial charge in [0, 0.05) is 6.20 Å². The van der Waals surface area contributed by atoms with Gasteiger partial charge in [-0.25, -0.2) is 4.98 Å². The Bertz CT molecular complexity index is 428. The maximum atomic E-state index is 8.89. The number of aromatic nitrogens is 2. The third kappa shape index (κ3) is 1.78. The van der Waals surface area contributed by atoms with E-state index in [0.717, 1.165) is 5.65 Å². The van der Waals surface area contributed by atoms with Crippen molar-refractivity contribution in [1.29, 1.82) is 0 Å². The topological polar surface area (TPSA) is 46.8 Å². The molecular weight excluding hydrogens is 175 g/mol. The van der Waals surface area contributed by atoms with E-state index in [1.807, 2.05) is 18.2 Å². The molecular formula is C9H11LiN2O2. The number of aliphatic hydroxyl groups is 1. The molecule has 4 nitrogen and oxygen atoms in total. The maximum absolute atomic E-state index is 8.89. The second-order valence-electron chi connectivity index (χ2n) is 2.69. The monoisotopic (exact) mass is 186 g/mol. The molecule has 0 unspecified atom stereocenters. The molecule has 0 aliphatic heterocycles. The van der Waals surface area contributed by atoms with E-state index in [4.69, 9.17) is 9.84 Å². The minimum atomic E-state index is -0.0508. The Morgan fingerprint density at radius 2 is 2.29 bits per heavy atom. The van der Waals surface area contributed by atoms with E-state index in [1.165, 1.54) is 0 Å². The van der Waals surface area contributed by atoms with Crippen molar-refractivity contribution < 1.29 is 9.84 Å². The SMILES string of the molecule is COc1cccc2nc(CO)cn12.[LiH]. The summed E-state index contributed by atoms with van der Waals surface area (Å²) in [5.41, 5.74) is 1.42. The van der Waals surface area contributed by atoms with Crippen molar-refractivity contribution in [1.82, 2.24) is 9.38 Å². The van der Waals surface area contributed by atoms with Gasteiger partial charge in [-0.15, -0.1) is 0 Å². The molecule has 0 fully saturated rings. The number of nitrogens with zero attached hydrogens (tertiary/aromatic N) is 2. The van der Waals surface area contributed by atoms with Crippen LogP contribution in [0.1, 0.15) is 5.69 Å². The van der Waals surface area contributed by atoms with Crippen molar-refractivity contribution in [3.05, 3.63) is 30.1 Å². The Morgan fingerprint density at radius 3 is 2.93 bits per heavy atom. The number of hydrogen-bond acceptors (Lipinski definition) is 3. The second kappa shape index (κ2) is 4.51. The van der Waals surface area contributed by atoms with Gasteiger partial charge < -0.3 is 9.84 Å². The van der Waals surface area contributed by atoms with E-state index >= 15 is 0 Å². The Hall–Kier alpha value is -0.953. The normalized spacial score (nSPS) is 9.86. The molecule has 70 valence electrons. The molecule has 2 aromatic rings. The molecule has 14 heavy (non-hydrogen) atoms. The van der Waals surface area contributed by atoms with Crippen LogP contribution in [0.15, 0.2) is 24.4 Å². The molecule has 2 rings (SSSR count). The summed E-state index contributed by atoms with van der Waals surface area (Å²) in [5.74, 6) is 0.713. The first kappa shape index (κ1) is 11.1. The number of imidazole rings is 1. The Kier molecular flexibility index (Phi) is 3.59. The molecule has 1 N–H and O–H groups in total. The number of hydrogen-bond donors (Lipinski definition) is 1. The third-order valence-electron chi connectivity index (χ3n) is 1.88. The predicted molar refractivity (Wildman–Crippen MR) is 54.8 cm³/mol. The fourth-order valence-corrected chi connectivity index (χ4v) is 1.28. The van der Waals surface area contributed by atoms with Crippen LogP contribution >= 0.6 is 0 Å². The summed E-state index contributed by atoms with van der Waals surface area (Å²) >= 11 is 0. The van der Waals surface area contributed by atoms with Gasteiger partial charge in [0.25, 0.3) is 0 Å². The standard InChI is InChI=1S/C9H10N2O2.Li.H/c1-13-9-4-2-3-8-10-7(6-12)5-11(8)9;;/h2-5,12H,6H2,1H3;;. The van der Waals surface area contributed by atoms with E-state index in [1.54, 1.807) is 17.7 Å². The van der Waals surface area contributed by atoms with E-state index in [2.05, 4.69) is 4.98 Å². The number of methoxy groups -OCH3 is 1. The third-order valence-corrected chi connectivity index (χ3v) is 1.88. The number of rotatable bonds is 2. The number of pyridine rings is 1. The van der Waals surface area contributed by atoms with Crippen LogP contribution < -0.4 is 4.74 Å². The van der Waals surface area contributed by atoms with Crippen molar-refractivity contribution in [2.75, 3.05) is 7.11 Å². The molecule has 0 aliphatic rings. The van der Waals surface area contributed by atoms with E-state index < -0.39 is 0 Å². The quantitative estimate of drug-likeness (QED) is 0.681. The zero-order chi connectivity index (χ0) is 9.26. The summed E-state index contributed by atoms with van der Waals surface area (Å²) in [4.78, 5) is 4.17. The molecule has 0 spiro atoms.